The molecule has 0 aliphatic carbocycles. The third-order valence-electron chi connectivity index (χ3n) is 1.57. The summed E-state index contributed by atoms with van der Waals surface area (Å²) in [5, 5.41) is 0. The molecule has 0 saturated heterocycles. The second-order valence-electron chi connectivity index (χ2n) is 2.86. The molecule has 0 rings (SSSR count). The SMILES string of the molecule is CCC[SiH2][CH]CCCS(=O)(=O)O. The highest BCUT2D eigenvalue weighted by atomic mass is 32.2. The first-order chi connectivity index (χ1) is 5.56. The van der Waals surface area contributed by atoms with Crippen LogP contribution in [0.2, 0.25) is 6.04 Å². The van der Waals surface area contributed by atoms with Crippen molar-refractivity contribution in [3.63, 3.8) is 0 Å². The van der Waals surface area contributed by atoms with Crippen molar-refractivity contribution in [2.75, 3.05) is 5.75 Å². The Bertz CT molecular complexity index is 189. The topological polar surface area (TPSA) is 54.4 Å². The van der Waals surface area contributed by atoms with E-state index in [1.807, 2.05) is 0 Å². The van der Waals surface area contributed by atoms with Crippen molar-refractivity contribution in [3.05, 3.63) is 6.04 Å². The molecule has 0 heterocycles. The van der Waals surface area contributed by atoms with Crippen LogP contribution in [0.5, 0.6) is 0 Å². The zero-order valence-electron chi connectivity index (χ0n) is 7.49. The Morgan fingerprint density at radius 3 is 2.67 bits per heavy atom. The van der Waals surface area contributed by atoms with Crippen LogP contribution >= 0.6 is 0 Å². The van der Waals surface area contributed by atoms with Gasteiger partial charge in [-0.2, -0.15) is 8.42 Å². The van der Waals surface area contributed by atoms with Crippen molar-refractivity contribution in [2.45, 2.75) is 32.2 Å². The molecule has 1 radical (unpaired) electrons. The Morgan fingerprint density at radius 1 is 1.50 bits per heavy atom. The number of hydrogen-bond donors (Lipinski definition) is 1. The standard InChI is InChI=1S/C7H17O3SSi/c1-2-6-12-7-4-3-5-11(8,9)10/h7H,2-6,12H2,1H3,(H,8,9,10). The van der Waals surface area contributed by atoms with Crippen molar-refractivity contribution in [1.29, 1.82) is 0 Å². The number of unbranched alkanes of at least 4 members (excludes halogenated alkanes) is 1. The van der Waals surface area contributed by atoms with E-state index in [2.05, 4.69) is 13.0 Å². The van der Waals surface area contributed by atoms with Gasteiger partial charge < -0.3 is 0 Å². The van der Waals surface area contributed by atoms with E-state index in [1.165, 1.54) is 12.5 Å². The first-order valence-electron chi connectivity index (χ1n) is 4.33. The summed E-state index contributed by atoms with van der Waals surface area (Å²) >= 11 is 0. The van der Waals surface area contributed by atoms with Gasteiger partial charge in [-0.1, -0.05) is 31.9 Å². The molecule has 0 unspecified atom stereocenters. The van der Waals surface area contributed by atoms with Gasteiger partial charge in [-0.05, 0) is 6.42 Å². The van der Waals surface area contributed by atoms with Crippen LogP contribution in [0.25, 0.3) is 0 Å². The summed E-state index contributed by atoms with van der Waals surface area (Å²) in [6.45, 7) is 2.15. The number of rotatable bonds is 7. The fourth-order valence-corrected chi connectivity index (χ4v) is 2.71. The van der Waals surface area contributed by atoms with Crippen molar-refractivity contribution < 1.29 is 13.0 Å². The highest BCUT2D eigenvalue weighted by molar-refractivity contribution is 7.85. The maximum atomic E-state index is 10.3. The summed E-state index contributed by atoms with van der Waals surface area (Å²) in [5.74, 6) is -0.0932. The molecule has 0 aromatic carbocycles. The lowest BCUT2D eigenvalue weighted by molar-refractivity contribution is 0.481. The molecule has 0 aliphatic rings. The van der Waals surface area contributed by atoms with E-state index in [0.29, 0.717) is 6.42 Å². The summed E-state index contributed by atoms with van der Waals surface area (Å²) in [6.07, 6.45) is 2.63. The predicted molar refractivity (Wildman–Crippen MR) is 53.6 cm³/mol. The van der Waals surface area contributed by atoms with E-state index in [4.69, 9.17) is 4.55 Å². The van der Waals surface area contributed by atoms with E-state index in [0.717, 1.165) is 6.42 Å². The second kappa shape index (κ2) is 6.62. The van der Waals surface area contributed by atoms with Crippen LogP contribution in [0.15, 0.2) is 0 Å². The lowest BCUT2D eigenvalue weighted by Crippen LogP contribution is -2.04. The molecule has 0 aromatic heterocycles. The zero-order valence-corrected chi connectivity index (χ0v) is 9.72. The molecule has 0 atom stereocenters. The Balaban J connectivity index is 3.12. The third kappa shape index (κ3) is 10.1. The Morgan fingerprint density at radius 2 is 2.17 bits per heavy atom. The average Bonchev–Trinajstić information content (AvgIpc) is 1.94. The van der Waals surface area contributed by atoms with Crippen LogP contribution in [-0.2, 0) is 10.1 Å². The summed E-state index contributed by atoms with van der Waals surface area (Å²) in [7, 11) is -3.78. The van der Waals surface area contributed by atoms with Gasteiger partial charge in [-0.25, -0.2) is 0 Å². The molecule has 3 nitrogen and oxygen atoms in total. The van der Waals surface area contributed by atoms with E-state index < -0.39 is 10.1 Å². The lowest BCUT2D eigenvalue weighted by Gasteiger charge is -1.97. The quantitative estimate of drug-likeness (QED) is 0.383. The van der Waals surface area contributed by atoms with Gasteiger partial charge in [0.1, 0.15) is 0 Å². The minimum Gasteiger partial charge on any atom is -0.286 e. The van der Waals surface area contributed by atoms with Crippen LogP contribution in [-0.4, -0.2) is 28.2 Å². The van der Waals surface area contributed by atoms with Gasteiger partial charge in [0.2, 0.25) is 0 Å². The average molecular weight is 209 g/mol. The van der Waals surface area contributed by atoms with Crippen LogP contribution in [0, 0.1) is 6.04 Å². The first kappa shape index (κ1) is 12.1. The molecule has 0 spiro atoms. The van der Waals surface area contributed by atoms with Crippen molar-refractivity contribution in [2.24, 2.45) is 0 Å². The predicted octanol–water partition coefficient (Wildman–Crippen LogP) is 0.813. The summed E-state index contributed by atoms with van der Waals surface area (Å²) in [4.78, 5) is 0. The molecular weight excluding hydrogens is 192 g/mol. The smallest absolute Gasteiger partial charge is 0.264 e. The van der Waals surface area contributed by atoms with Gasteiger partial charge in [-0.15, -0.1) is 0 Å². The molecule has 0 amide bonds. The van der Waals surface area contributed by atoms with Crippen LogP contribution in [0.3, 0.4) is 0 Å². The van der Waals surface area contributed by atoms with Crippen molar-refractivity contribution in [1.82, 2.24) is 0 Å². The van der Waals surface area contributed by atoms with Gasteiger partial charge in [-0.3, -0.25) is 4.55 Å². The molecule has 0 aromatic rings. The van der Waals surface area contributed by atoms with Crippen LogP contribution in [0.1, 0.15) is 26.2 Å². The molecule has 73 valence electrons. The maximum Gasteiger partial charge on any atom is 0.264 e. The van der Waals surface area contributed by atoms with Gasteiger partial charge in [0.05, 0.1) is 5.75 Å². The fraction of sp³-hybridized carbons (Fsp3) is 0.857. The largest absolute Gasteiger partial charge is 0.286 e. The first-order valence-corrected chi connectivity index (χ1v) is 7.75. The molecular formula is C7H17O3SSi. The van der Waals surface area contributed by atoms with E-state index in [1.54, 1.807) is 0 Å². The highest BCUT2D eigenvalue weighted by Crippen LogP contribution is 1.98. The minimum atomic E-state index is -3.72. The normalized spacial score (nSPS) is 12.8. The summed E-state index contributed by atoms with van der Waals surface area (Å²) in [5.41, 5.74) is 0. The summed E-state index contributed by atoms with van der Waals surface area (Å²) < 4.78 is 28.9. The van der Waals surface area contributed by atoms with Gasteiger partial charge in [0.25, 0.3) is 10.1 Å². The minimum absolute atomic E-state index is 0.0543. The Hall–Kier alpha value is 0.127. The molecule has 5 heteroatoms. The van der Waals surface area contributed by atoms with E-state index in [9.17, 15) is 8.42 Å². The van der Waals surface area contributed by atoms with Gasteiger partial charge in [0.15, 0.2) is 0 Å². The summed E-state index contributed by atoms with van der Waals surface area (Å²) in [6, 6.07) is 3.51. The molecule has 12 heavy (non-hydrogen) atoms. The zero-order chi connectivity index (χ0) is 9.45. The molecule has 0 saturated carbocycles. The monoisotopic (exact) mass is 209 g/mol. The second-order valence-corrected chi connectivity index (χ2v) is 6.29. The van der Waals surface area contributed by atoms with Gasteiger partial charge >= 0.3 is 0 Å². The molecule has 0 fully saturated rings. The lowest BCUT2D eigenvalue weighted by atomic mass is 10.4. The third-order valence-corrected chi connectivity index (χ3v) is 4.31. The van der Waals surface area contributed by atoms with Gasteiger partial charge in [0, 0.05) is 9.52 Å². The van der Waals surface area contributed by atoms with Crippen molar-refractivity contribution in [3.8, 4) is 0 Å². The highest BCUT2D eigenvalue weighted by Gasteiger charge is 2.02. The Labute approximate surface area is 77.1 Å². The fourth-order valence-electron chi connectivity index (χ4n) is 0.903. The van der Waals surface area contributed by atoms with Crippen molar-refractivity contribution >= 4 is 19.6 Å². The van der Waals surface area contributed by atoms with Crippen LogP contribution < -0.4 is 0 Å². The maximum absolute atomic E-state index is 10.3. The Kier molecular flexibility index (Phi) is 6.69. The van der Waals surface area contributed by atoms with E-state index in [-0.39, 0.29) is 15.3 Å². The number of hydrogen-bond acceptors (Lipinski definition) is 2. The molecule has 0 aliphatic heterocycles. The van der Waals surface area contributed by atoms with Crippen LogP contribution in [0.4, 0.5) is 0 Å². The molecule has 1 N–H and O–H groups in total. The molecule has 0 bridgehead atoms. The van der Waals surface area contributed by atoms with E-state index >= 15 is 0 Å².